The third-order valence-electron chi connectivity index (χ3n) is 5.06. The van der Waals surface area contributed by atoms with Crippen molar-refractivity contribution in [1.82, 2.24) is 9.62 Å². The second kappa shape index (κ2) is 8.32. The van der Waals surface area contributed by atoms with Crippen LogP contribution in [0.15, 0.2) is 17.0 Å². The third-order valence-corrected chi connectivity index (χ3v) is 7.08. The Morgan fingerprint density at radius 2 is 1.88 bits per heavy atom. The first-order valence-electron chi connectivity index (χ1n) is 9.17. The van der Waals surface area contributed by atoms with E-state index in [1.807, 2.05) is 13.8 Å². The number of piperidine rings is 1. The van der Waals surface area contributed by atoms with Gasteiger partial charge in [-0.25, -0.2) is 8.42 Å². The molecule has 25 heavy (non-hydrogen) atoms. The van der Waals surface area contributed by atoms with Crippen LogP contribution in [-0.2, 0) is 10.0 Å². The number of aryl methyl sites for hydroxylation is 1. The van der Waals surface area contributed by atoms with Gasteiger partial charge in [0.2, 0.25) is 10.0 Å². The molecule has 1 aromatic carbocycles. The average molecular weight is 367 g/mol. The Morgan fingerprint density at radius 3 is 2.48 bits per heavy atom. The predicted molar refractivity (Wildman–Crippen MR) is 100 cm³/mol. The summed E-state index contributed by atoms with van der Waals surface area (Å²) >= 11 is 0. The largest absolute Gasteiger partial charge is 0.352 e. The van der Waals surface area contributed by atoms with Crippen molar-refractivity contribution < 1.29 is 13.2 Å². The Bertz CT molecular complexity index is 720. The van der Waals surface area contributed by atoms with Gasteiger partial charge in [0.05, 0.1) is 4.90 Å². The molecule has 1 heterocycles. The monoisotopic (exact) mass is 366 g/mol. The lowest BCUT2D eigenvalue weighted by Crippen LogP contribution is -2.38. The quantitative estimate of drug-likeness (QED) is 0.786. The third kappa shape index (κ3) is 4.61. The second-order valence-electron chi connectivity index (χ2n) is 7.11. The molecule has 2 rings (SSSR count). The molecular formula is C19H30N2O3S. The molecule has 0 saturated carbocycles. The first-order chi connectivity index (χ1) is 11.8. The van der Waals surface area contributed by atoms with E-state index in [0.717, 1.165) is 36.8 Å². The summed E-state index contributed by atoms with van der Waals surface area (Å²) in [6, 6.07) is 3.31. The fourth-order valence-electron chi connectivity index (χ4n) is 3.07. The van der Waals surface area contributed by atoms with Crippen LogP contribution in [0.25, 0.3) is 0 Å². The van der Waals surface area contributed by atoms with E-state index in [0.29, 0.717) is 31.1 Å². The summed E-state index contributed by atoms with van der Waals surface area (Å²) in [4.78, 5) is 12.6. The Kier molecular flexibility index (Phi) is 6.63. The number of carbonyl (C=O) groups excluding carboxylic acids is 1. The van der Waals surface area contributed by atoms with Gasteiger partial charge in [-0.15, -0.1) is 0 Å². The van der Waals surface area contributed by atoms with E-state index in [1.54, 1.807) is 10.4 Å². The van der Waals surface area contributed by atoms with E-state index in [1.165, 1.54) is 6.07 Å². The van der Waals surface area contributed by atoms with Crippen LogP contribution in [0.3, 0.4) is 0 Å². The smallest absolute Gasteiger partial charge is 0.251 e. The molecule has 0 unspecified atom stereocenters. The molecule has 6 heteroatoms. The van der Waals surface area contributed by atoms with E-state index in [4.69, 9.17) is 0 Å². The number of carbonyl (C=O) groups is 1. The van der Waals surface area contributed by atoms with Crippen molar-refractivity contribution in [2.24, 2.45) is 5.92 Å². The van der Waals surface area contributed by atoms with E-state index in [9.17, 15) is 13.2 Å². The van der Waals surface area contributed by atoms with Crippen LogP contribution in [-0.4, -0.2) is 38.3 Å². The van der Waals surface area contributed by atoms with Crippen LogP contribution < -0.4 is 5.32 Å². The van der Waals surface area contributed by atoms with Crippen molar-refractivity contribution in [2.45, 2.75) is 58.3 Å². The van der Waals surface area contributed by atoms with E-state index in [-0.39, 0.29) is 10.8 Å². The molecule has 1 amide bonds. The van der Waals surface area contributed by atoms with E-state index >= 15 is 0 Å². The lowest BCUT2D eigenvalue weighted by atomic mass is 10.0. The topological polar surface area (TPSA) is 66.5 Å². The van der Waals surface area contributed by atoms with Gasteiger partial charge in [-0.1, -0.05) is 20.3 Å². The van der Waals surface area contributed by atoms with E-state index in [2.05, 4.69) is 19.2 Å². The Morgan fingerprint density at radius 1 is 1.24 bits per heavy atom. The standard InChI is InChI=1S/C19H30N2O3S/c1-5-6-9-20-19(22)17-12-15(3)16(4)18(13-17)25(23,24)21-10-7-14(2)8-11-21/h12-14H,5-11H2,1-4H3,(H,20,22). The fraction of sp³-hybridized carbons (Fsp3) is 0.632. The maximum atomic E-state index is 13.1. The molecule has 0 aliphatic carbocycles. The first-order valence-corrected chi connectivity index (χ1v) is 10.6. The van der Waals surface area contributed by atoms with Crippen molar-refractivity contribution in [1.29, 1.82) is 0 Å². The molecule has 1 N–H and O–H groups in total. The minimum absolute atomic E-state index is 0.208. The van der Waals surface area contributed by atoms with Crippen LogP contribution in [0.5, 0.6) is 0 Å². The van der Waals surface area contributed by atoms with Crippen LogP contribution >= 0.6 is 0 Å². The molecule has 0 radical (unpaired) electrons. The molecule has 1 aromatic rings. The van der Waals surface area contributed by atoms with Gasteiger partial charge in [-0.2, -0.15) is 4.31 Å². The highest BCUT2D eigenvalue weighted by Crippen LogP contribution is 2.28. The maximum absolute atomic E-state index is 13.1. The molecule has 1 saturated heterocycles. The molecule has 0 aromatic heterocycles. The zero-order chi connectivity index (χ0) is 18.6. The van der Waals surface area contributed by atoms with Gasteiger partial charge in [0, 0.05) is 25.2 Å². The minimum Gasteiger partial charge on any atom is -0.352 e. The van der Waals surface area contributed by atoms with Crippen molar-refractivity contribution in [3.05, 3.63) is 28.8 Å². The van der Waals surface area contributed by atoms with Gasteiger partial charge < -0.3 is 5.32 Å². The van der Waals surface area contributed by atoms with Gasteiger partial charge in [0.1, 0.15) is 0 Å². The molecule has 0 bridgehead atoms. The van der Waals surface area contributed by atoms with Gasteiger partial charge >= 0.3 is 0 Å². The maximum Gasteiger partial charge on any atom is 0.251 e. The molecule has 1 fully saturated rings. The number of sulfonamides is 1. The van der Waals surface area contributed by atoms with Gasteiger partial charge in [0.25, 0.3) is 5.91 Å². The summed E-state index contributed by atoms with van der Waals surface area (Å²) in [5.41, 5.74) is 1.97. The highest BCUT2D eigenvalue weighted by molar-refractivity contribution is 7.89. The van der Waals surface area contributed by atoms with Crippen LogP contribution in [0, 0.1) is 19.8 Å². The lowest BCUT2D eigenvalue weighted by Gasteiger charge is -2.30. The van der Waals surface area contributed by atoms with Crippen LogP contribution in [0.4, 0.5) is 0 Å². The van der Waals surface area contributed by atoms with Crippen molar-refractivity contribution in [2.75, 3.05) is 19.6 Å². The molecule has 0 spiro atoms. The summed E-state index contributed by atoms with van der Waals surface area (Å²) in [6.07, 6.45) is 3.68. The average Bonchev–Trinajstić information content (AvgIpc) is 2.57. The molecule has 1 aliphatic heterocycles. The Hall–Kier alpha value is -1.40. The molecule has 1 aliphatic rings. The zero-order valence-electron chi connectivity index (χ0n) is 15.8. The number of hydrogen-bond acceptors (Lipinski definition) is 3. The fourth-order valence-corrected chi connectivity index (χ4v) is 4.86. The molecule has 140 valence electrons. The number of benzene rings is 1. The Balaban J connectivity index is 2.32. The van der Waals surface area contributed by atoms with Gasteiger partial charge in [-0.3, -0.25) is 4.79 Å². The summed E-state index contributed by atoms with van der Waals surface area (Å²) in [7, 11) is -3.57. The summed E-state index contributed by atoms with van der Waals surface area (Å²) < 4.78 is 27.8. The van der Waals surface area contributed by atoms with Crippen LogP contribution in [0.2, 0.25) is 0 Å². The zero-order valence-corrected chi connectivity index (χ0v) is 16.6. The van der Waals surface area contributed by atoms with Crippen molar-refractivity contribution in [3.63, 3.8) is 0 Å². The minimum atomic E-state index is -3.57. The molecule has 0 atom stereocenters. The summed E-state index contributed by atoms with van der Waals surface area (Å²) in [6.45, 7) is 9.59. The number of nitrogens with zero attached hydrogens (tertiary/aromatic N) is 1. The van der Waals surface area contributed by atoms with E-state index < -0.39 is 10.0 Å². The van der Waals surface area contributed by atoms with Crippen molar-refractivity contribution >= 4 is 15.9 Å². The highest BCUT2D eigenvalue weighted by Gasteiger charge is 2.30. The number of unbranched alkanes of at least 4 members (excludes halogenated alkanes) is 1. The first kappa shape index (κ1) is 19.9. The SMILES string of the molecule is CCCCNC(=O)c1cc(C)c(C)c(S(=O)(=O)N2CCC(C)CC2)c1. The summed E-state index contributed by atoms with van der Waals surface area (Å²) in [5, 5.41) is 2.86. The highest BCUT2D eigenvalue weighted by atomic mass is 32.2. The number of hydrogen-bond donors (Lipinski definition) is 1. The van der Waals surface area contributed by atoms with Gasteiger partial charge in [-0.05, 0) is 62.3 Å². The summed E-state index contributed by atoms with van der Waals surface area (Å²) in [5.74, 6) is 0.352. The normalized spacial score (nSPS) is 16.8. The number of nitrogens with one attached hydrogen (secondary N) is 1. The Labute approximate surface area is 151 Å². The molecule has 5 nitrogen and oxygen atoms in total. The number of rotatable bonds is 6. The van der Waals surface area contributed by atoms with Crippen molar-refractivity contribution in [3.8, 4) is 0 Å². The molecular weight excluding hydrogens is 336 g/mol. The van der Waals surface area contributed by atoms with Gasteiger partial charge in [0.15, 0.2) is 0 Å². The van der Waals surface area contributed by atoms with Crippen LogP contribution in [0.1, 0.15) is 61.0 Å². The second-order valence-corrected chi connectivity index (χ2v) is 9.02. The predicted octanol–water partition coefficient (Wildman–Crippen LogP) is 3.25. The lowest BCUT2D eigenvalue weighted by molar-refractivity contribution is 0.0953. The number of amides is 1.